The number of carboxylic acids is 2. The van der Waals surface area contributed by atoms with Gasteiger partial charge in [0.15, 0.2) is 0 Å². The molecule has 1 aliphatic carbocycles. The van der Waals surface area contributed by atoms with Gasteiger partial charge in [-0.1, -0.05) is 6.92 Å². The summed E-state index contributed by atoms with van der Waals surface area (Å²) in [4.78, 5) is 32.7. The van der Waals surface area contributed by atoms with E-state index in [9.17, 15) is 14.4 Å². The monoisotopic (exact) mass is 229 g/mol. The smallest absolute Gasteiger partial charge is 0.326 e. The minimum atomic E-state index is -1.34. The molecule has 0 aromatic heterocycles. The summed E-state index contributed by atoms with van der Waals surface area (Å²) in [5.41, 5.74) is 0. The Morgan fingerprint density at radius 1 is 1.31 bits per heavy atom. The number of nitrogens with one attached hydrogen (secondary N) is 1. The minimum absolute atomic E-state index is 0.240. The van der Waals surface area contributed by atoms with Crippen molar-refractivity contribution in [2.75, 3.05) is 0 Å². The average Bonchev–Trinajstić information content (AvgIpc) is 2.97. The van der Waals surface area contributed by atoms with Gasteiger partial charge in [-0.15, -0.1) is 0 Å². The fourth-order valence-corrected chi connectivity index (χ4v) is 1.49. The van der Waals surface area contributed by atoms with Crippen molar-refractivity contribution in [3.8, 4) is 0 Å². The fourth-order valence-electron chi connectivity index (χ4n) is 1.49. The maximum Gasteiger partial charge on any atom is 0.326 e. The van der Waals surface area contributed by atoms with E-state index in [1.165, 1.54) is 0 Å². The number of rotatable bonds is 6. The summed E-state index contributed by atoms with van der Waals surface area (Å²) < 4.78 is 0. The maximum atomic E-state index is 11.6. The molecule has 0 aromatic rings. The highest BCUT2D eigenvalue weighted by Crippen LogP contribution is 2.36. The zero-order valence-corrected chi connectivity index (χ0v) is 8.97. The number of hydrogen-bond acceptors (Lipinski definition) is 3. The number of carbonyl (C=O) groups excluding carboxylic acids is 1. The molecule has 16 heavy (non-hydrogen) atoms. The molecule has 1 amide bonds. The first-order valence-corrected chi connectivity index (χ1v) is 5.16. The zero-order valence-electron chi connectivity index (χ0n) is 8.97. The van der Waals surface area contributed by atoms with Gasteiger partial charge >= 0.3 is 11.9 Å². The molecule has 0 saturated heterocycles. The van der Waals surface area contributed by atoms with Crippen LogP contribution in [-0.2, 0) is 14.4 Å². The number of amides is 1. The second-order valence-corrected chi connectivity index (χ2v) is 4.12. The lowest BCUT2D eigenvalue weighted by molar-refractivity contribution is -0.147. The molecule has 0 bridgehead atoms. The molecule has 0 spiro atoms. The minimum Gasteiger partial charge on any atom is -0.481 e. The predicted octanol–water partition coefficient (Wildman–Crippen LogP) is 0.0766. The Hall–Kier alpha value is -1.59. The molecule has 1 rings (SSSR count). The Morgan fingerprint density at radius 3 is 2.25 bits per heavy atom. The van der Waals surface area contributed by atoms with Gasteiger partial charge in [-0.05, 0) is 18.8 Å². The summed E-state index contributed by atoms with van der Waals surface area (Å²) in [5.74, 6) is -2.86. The fraction of sp³-hybridized carbons (Fsp3) is 0.700. The molecule has 1 unspecified atom stereocenters. The van der Waals surface area contributed by atoms with Crippen molar-refractivity contribution in [1.29, 1.82) is 0 Å². The topological polar surface area (TPSA) is 104 Å². The lowest BCUT2D eigenvalue weighted by Gasteiger charge is -2.15. The molecule has 6 nitrogen and oxygen atoms in total. The summed E-state index contributed by atoms with van der Waals surface area (Å²) in [7, 11) is 0. The number of hydrogen-bond donors (Lipinski definition) is 3. The first-order chi connectivity index (χ1) is 7.41. The SMILES string of the molecule is CC(C(=O)N[C@H](CC(=O)O)C(=O)O)C1CC1. The van der Waals surface area contributed by atoms with Gasteiger partial charge in [0, 0.05) is 5.92 Å². The van der Waals surface area contributed by atoms with E-state index in [1.54, 1.807) is 6.92 Å². The van der Waals surface area contributed by atoms with Crippen molar-refractivity contribution >= 4 is 17.8 Å². The molecule has 0 aromatic carbocycles. The summed E-state index contributed by atoms with van der Waals surface area (Å²) in [6, 6.07) is -1.34. The van der Waals surface area contributed by atoms with Gasteiger partial charge in [-0.3, -0.25) is 9.59 Å². The van der Waals surface area contributed by atoms with Gasteiger partial charge in [0.25, 0.3) is 0 Å². The van der Waals surface area contributed by atoms with Gasteiger partial charge in [-0.25, -0.2) is 4.79 Å². The maximum absolute atomic E-state index is 11.6. The molecule has 3 N–H and O–H groups in total. The van der Waals surface area contributed by atoms with Crippen molar-refractivity contribution in [3.63, 3.8) is 0 Å². The number of carbonyl (C=O) groups is 3. The van der Waals surface area contributed by atoms with E-state index in [0.717, 1.165) is 12.8 Å². The first kappa shape index (κ1) is 12.5. The molecule has 1 saturated carbocycles. The molecule has 0 radical (unpaired) electrons. The van der Waals surface area contributed by atoms with Crippen LogP contribution in [0.2, 0.25) is 0 Å². The van der Waals surface area contributed by atoms with E-state index in [0.29, 0.717) is 5.92 Å². The standard InChI is InChI=1S/C10H15NO5/c1-5(6-2-3-6)9(14)11-7(10(15)16)4-8(12)13/h5-7H,2-4H2,1H3,(H,11,14)(H,12,13)(H,15,16)/t5?,7-/m1/s1. The second kappa shape index (κ2) is 4.96. The molecule has 1 fully saturated rings. The van der Waals surface area contributed by atoms with Crippen molar-refractivity contribution < 1.29 is 24.6 Å². The van der Waals surface area contributed by atoms with Crippen LogP contribution in [0.4, 0.5) is 0 Å². The highest BCUT2D eigenvalue weighted by Gasteiger charge is 2.34. The van der Waals surface area contributed by atoms with Crippen LogP contribution in [0.3, 0.4) is 0 Å². The van der Waals surface area contributed by atoms with Crippen LogP contribution < -0.4 is 5.32 Å². The molecular weight excluding hydrogens is 214 g/mol. The zero-order chi connectivity index (χ0) is 12.3. The molecule has 6 heteroatoms. The Balaban J connectivity index is 2.49. The summed E-state index contributed by atoms with van der Waals surface area (Å²) in [6.07, 6.45) is 1.36. The molecule has 2 atom stereocenters. The quantitative estimate of drug-likeness (QED) is 0.598. The summed E-state index contributed by atoms with van der Waals surface area (Å²) >= 11 is 0. The van der Waals surface area contributed by atoms with Gasteiger partial charge in [0.05, 0.1) is 6.42 Å². The van der Waals surface area contributed by atoms with Gasteiger partial charge in [-0.2, -0.15) is 0 Å². The highest BCUT2D eigenvalue weighted by atomic mass is 16.4. The van der Waals surface area contributed by atoms with Gasteiger partial charge in [0.1, 0.15) is 6.04 Å². The van der Waals surface area contributed by atoms with Crippen molar-refractivity contribution in [2.24, 2.45) is 11.8 Å². The van der Waals surface area contributed by atoms with Crippen LogP contribution in [0.1, 0.15) is 26.2 Å². The van der Waals surface area contributed by atoms with Gasteiger partial charge in [0.2, 0.25) is 5.91 Å². The average molecular weight is 229 g/mol. The third kappa shape index (κ3) is 3.52. The Morgan fingerprint density at radius 2 is 1.88 bits per heavy atom. The van der Waals surface area contributed by atoms with E-state index in [2.05, 4.69) is 5.32 Å². The predicted molar refractivity (Wildman–Crippen MR) is 53.7 cm³/mol. The third-order valence-electron chi connectivity index (χ3n) is 2.74. The van der Waals surface area contributed by atoms with Crippen molar-refractivity contribution in [3.05, 3.63) is 0 Å². The molecular formula is C10H15NO5. The largest absolute Gasteiger partial charge is 0.481 e. The van der Waals surface area contributed by atoms with Crippen molar-refractivity contribution in [2.45, 2.75) is 32.2 Å². The Kier molecular flexibility index (Phi) is 3.87. The molecule has 1 aliphatic rings. The summed E-state index contributed by atoms with van der Waals surface area (Å²) in [5, 5.41) is 19.5. The first-order valence-electron chi connectivity index (χ1n) is 5.16. The van der Waals surface area contributed by atoms with E-state index >= 15 is 0 Å². The highest BCUT2D eigenvalue weighted by molar-refractivity contribution is 5.87. The van der Waals surface area contributed by atoms with E-state index in [1.807, 2.05) is 0 Å². The van der Waals surface area contributed by atoms with Crippen LogP contribution in [0.25, 0.3) is 0 Å². The molecule has 90 valence electrons. The lowest BCUT2D eigenvalue weighted by Crippen LogP contribution is -2.44. The Bertz CT molecular complexity index is 310. The van der Waals surface area contributed by atoms with Crippen LogP contribution in [0.15, 0.2) is 0 Å². The molecule has 0 heterocycles. The van der Waals surface area contributed by atoms with Crippen LogP contribution in [0, 0.1) is 11.8 Å². The third-order valence-corrected chi connectivity index (χ3v) is 2.74. The number of aliphatic carboxylic acids is 2. The van der Waals surface area contributed by atoms with Crippen LogP contribution in [-0.4, -0.2) is 34.1 Å². The molecule has 0 aliphatic heterocycles. The normalized spacial score (nSPS) is 18.6. The Labute approximate surface area is 92.6 Å². The lowest BCUT2D eigenvalue weighted by atomic mass is 10.0. The summed E-state index contributed by atoms with van der Waals surface area (Å²) in [6.45, 7) is 1.73. The van der Waals surface area contributed by atoms with E-state index in [4.69, 9.17) is 10.2 Å². The van der Waals surface area contributed by atoms with E-state index < -0.39 is 24.4 Å². The second-order valence-electron chi connectivity index (χ2n) is 4.12. The van der Waals surface area contributed by atoms with E-state index in [-0.39, 0.29) is 11.8 Å². The van der Waals surface area contributed by atoms with Crippen LogP contribution >= 0.6 is 0 Å². The van der Waals surface area contributed by atoms with Crippen molar-refractivity contribution in [1.82, 2.24) is 5.32 Å². The van der Waals surface area contributed by atoms with Crippen LogP contribution in [0.5, 0.6) is 0 Å². The van der Waals surface area contributed by atoms with Gasteiger partial charge < -0.3 is 15.5 Å². The number of carboxylic acid groups (broad SMARTS) is 2.